The minimum atomic E-state index is -4.08. The summed E-state index contributed by atoms with van der Waals surface area (Å²) in [7, 11) is -2.80. The van der Waals surface area contributed by atoms with Gasteiger partial charge in [-0.3, -0.25) is 9.69 Å². The Hall–Kier alpha value is -4.11. The number of fused-ring (bicyclic) bond motifs is 5. The first kappa shape index (κ1) is 23.3. The number of aromatic nitrogens is 1. The number of hydrogen-bond acceptors (Lipinski definition) is 6. The maximum absolute atomic E-state index is 14.1. The highest BCUT2D eigenvalue weighted by Gasteiger charge is 2.53. The van der Waals surface area contributed by atoms with Gasteiger partial charge in [-0.1, -0.05) is 66.7 Å². The van der Waals surface area contributed by atoms with E-state index in [1.54, 1.807) is 54.6 Å². The number of carbonyl (C=O) groups excluding carboxylic acids is 2. The summed E-state index contributed by atoms with van der Waals surface area (Å²) >= 11 is 0. The van der Waals surface area contributed by atoms with Crippen molar-refractivity contribution in [2.75, 3.05) is 13.7 Å². The van der Waals surface area contributed by atoms with Gasteiger partial charge < -0.3 is 9.47 Å². The molecule has 37 heavy (non-hydrogen) atoms. The number of amides is 1. The van der Waals surface area contributed by atoms with Gasteiger partial charge in [-0.15, -0.1) is 0 Å². The van der Waals surface area contributed by atoms with Gasteiger partial charge in [0.1, 0.15) is 12.0 Å². The first-order valence-corrected chi connectivity index (χ1v) is 13.4. The number of nitrogens with zero attached hydrogens (tertiary/aromatic N) is 2. The van der Waals surface area contributed by atoms with Gasteiger partial charge in [-0.2, -0.15) is 0 Å². The van der Waals surface area contributed by atoms with Gasteiger partial charge in [0.15, 0.2) is 0 Å². The van der Waals surface area contributed by atoms with Gasteiger partial charge in [0.2, 0.25) is 0 Å². The molecule has 1 aromatic heterocycles. The molecule has 9 heteroatoms. The van der Waals surface area contributed by atoms with Crippen molar-refractivity contribution in [1.82, 2.24) is 8.87 Å². The minimum Gasteiger partial charge on any atom is -0.469 e. The highest BCUT2D eigenvalue weighted by molar-refractivity contribution is 7.90. The molecule has 3 heterocycles. The molecule has 0 unspecified atom stereocenters. The second-order valence-corrected chi connectivity index (χ2v) is 10.9. The van der Waals surface area contributed by atoms with Crippen molar-refractivity contribution in [1.29, 1.82) is 0 Å². The van der Waals surface area contributed by atoms with Crippen LogP contribution < -0.4 is 0 Å². The predicted octanol–water partition coefficient (Wildman–Crippen LogP) is 4.46. The number of ether oxygens (including phenoxy) is 2. The lowest BCUT2D eigenvalue weighted by Gasteiger charge is -2.46. The van der Waals surface area contributed by atoms with Crippen LogP contribution in [0.3, 0.4) is 0 Å². The van der Waals surface area contributed by atoms with Crippen LogP contribution >= 0.6 is 0 Å². The molecule has 188 valence electrons. The number of benzene rings is 3. The van der Waals surface area contributed by atoms with E-state index < -0.39 is 40.1 Å². The molecule has 3 atom stereocenters. The van der Waals surface area contributed by atoms with Crippen LogP contribution in [0, 0.1) is 5.92 Å². The molecule has 1 amide bonds. The van der Waals surface area contributed by atoms with Crippen LogP contribution in [0.4, 0.5) is 4.79 Å². The molecule has 0 spiro atoms. The fourth-order valence-electron chi connectivity index (χ4n) is 5.62. The quantitative estimate of drug-likeness (QED) is 0.372. The van der Waals surface area contributed by atoms with Crippen molar-refractivity contribution in [3.8, 4) is 0 Å². The first-order chi connectivity index (χ1) is 17.9. The zero-order chi connectivity index (χ0) is 25.7. The molecule has 6 rings (SSSR count). The third-order valence-electron chi connectivity index (χ3n) is 7.21. The summed E-state index contributed by atoms with van der Waals surface area (Å²) < 4.78 is 40.6. The Balaban J connectivity index is 1.66. The monoisotopic (exact) mass is 516 g/mol. The highest BCUT2D eigenvalue weighted by atomic mass is 32.2. The summed E-state index contributed by atoms with van der Waals surface area (Å²) in [5.41, 5.74) is 2.32. The molecular formula is C28H24N2O6S. The Kier molecular flexibility index (Phi) is 5.52. The maximum atomic E-state index is 14.1. The summed E-state index contributed by atoms with van der Waals surface area (Å²) in [5, 5.41) is 0.774. The van der Waals surface area contributed by atoms with Crippen molar-refractivity contribution in [3.63, 3.8) is 0 Å². The van der Waals surface area contributed by atoms with Gasteiger partial charge in [0.05, 0.1) is 29.3 Å². The third kappa shape index (κ3) is 3.53. The Morgan fingerprint density at radius 2 is 1.59 bits per heavy atom. The van der Waals surface area contributed by atoms with Crippen LogP contribution in [0.5, 0.6) is 0 Å². The molecule has 2 aliphatic rings. The Morgan fingerprint density at radius 1 is 0.946 bits per heavy atom. The highest BCUT2D eigenvalue weighted by Crippen LogP contribution is 2.50. The van der Waals surface area contributed by atoms with Crippen LogP contribution in [0.1, 0.15) is 29.0 Å². The van der Waals surface area contributed by atoms with Crippen LogP contribution in [-0.2, 0) is 30.7 Å². The van der Waals surface area contributed by atoms with E-state index in [9.17, 15) is 18.0 Å². The van der Waals surface area contributed by atoms with E-state index in [4.69, 9.17) is 9.47 Å². The molecule has 0 radical (unpaired) electrons. The zero-order valence-electron chi connectivity index (χ0n) is 20.0. The van der Waals surface area contributed by atoms with Gasteiger partial charge >= 0.3 is 12.1 Å². The van der Waals surface area contributed by atoms with Gasteiger partial charge in [-0.05, 0) is 35.7 Å². The molecule has 2 aliphatic heterocycles. The zero-order valence-corrected chi connectivity index (χ0v) is 20.8. The third-order valence-corrected chi connectivity index (χ3v) is 8.95. The fraction of sp³-hybridized carbons (Fsp3) is 0.214. The second kappa shape index (κ2) is 8.77. The lowest BCUT2D eigenvalue weighted by atomic mass is 9.81. The lowest BCUT2D eigenvalue weighted by Crippen LogP contribution is -2.53. The minimum absolute atomic E-state index is 0.114. The second-order valence-electron chi connectivity index (χ2n) is 9.12. The number of cyclic esters (lactones) is 1. The van der Waals surface area contributed by atoms with Gasteiger partial charge in [0.25, 0.3) is 10.0 Å². The molecule has 0 N–H and O–H groups in total. The number of rotatable bonds is 4. The van der Waals surface area contributed by atoms with Gasteiger partial charge in [0, 0.05) is 11.9 Å². The number of methoxy groups -OCH3 is 1. The average Bonchev–Trinajstić information content (AvgIpc) is 3.29. The molecule has 4 aromatic rings. The Labute approximate surface area is 214 Å². The summed E-state index contributed by atoms with van der Waals surface area (Å²) in [5.74, 6) is -1.57. The lowest BCUT2D eigenvalue weighted by molar-refractivity contribution is -0.158. The maximum Gasteiger partial charge on any atom is 0.411 e. The van der Waals surface area contributed by atoms with Crippen LogP contribution in [0.25, 0.3) is 10.9 Å². The number of esters is 1. The Morgan fingerprint density at radius 3 is 2.30 bits per heavy atom. The number of para-hydroxylation sites is 1. The predicted molar refractivity (Wildman–Crippen MR) is 135 cm³/mol. The number of carbonyl (C=O) groups is 2. The van der Waals surface area contributed by atoms with Crippen LogP contribution in [0.15, 0.2) is 89.8 Å². The van der Waals surface area contributed by atoms with E-state index in [1.807, 2.05) is 18.2 Å². The Bertz CT molecular complexity index is 1610. The first-order valence-electron chi connectivity index (χ1n) is 12.0. The smallest absolute Gasteiger partial charge is 0.411 e. The summed E-state index contributed by atoms with van der Waals surface area (Å²) in [4.78, 5) is 28.3. The van der Waals surface area contributed by atoms with Gasteiger partial charge in [-0.25, -0.2) is 17.2 Å². The van der Waals surface area contributed by atoms with E-state index in [-0.39, 0.29) is 11.4 Å². The van der Waals surface area contributed by atoms with Crippen molar-refractivity contribution >= 4 is 33.0 Å². The van der Waals surface area contributed by atoms with E-state index in [0.29, 0.717) is 23.2 Å². The molecule has 8 nitrogen and oxygen atoms in total. The average molecular weight is 517 g/mol. The fourth-order valence-corrected chi connectivity index (χ4v) is 7.23. The van der Waals surface area contributed by atoms with E-state index in [0.717, 1.165) is 10.9 Å². The normalized spacial score (nSPS) is 21.2. The summed E-state index contributed by atoms with van der Waals surface area (Å²) in [6.45, 7) is 0.283. The molecule has 0 bridgehead atoms. The largest absolute Gasteiger partial charge is 0.469 e. The SMILES string of the molecule is COC(=O)[C@@H]1[C@@H](c2ccccc2)OC(=O)N2CCc3c(n(S(=O)(=O)c4ccccc4)c4ccccc34)[C@H]12. The van der Waals surface area contributed by atoms with Crippen molar-refractivity contribution in [2.45, 2.75) is 23.5 Å². The van der Waals surface area contributed by atoms with E-state index in [1.165, 1.54) is 28.1 Å². The van der Waals surface area contributed by atoms with E-state index in [2.05, 4.69) is 0 Å². The van der Waals surface area contributed by atoms with Crippen molar-refractivity contribution in [2.24, 2.45) is 5.92 Å². The van der Waals surface area contributed by atoms with Crippen LogP contribution in [0.2, 0.25) is 0 Å². The van der Waals surface area contributed by atoms with Crippen LogP contribution in [-0.4, -0.2) is 43.0 Å². The molecular weight excluding hydrogens is 492 g/mol. The molecule has 1 fully saturated rings. The van der Waals surface area contributed by atoms with Crippen molar-refractivity contribution in [3.05, 3.63) is 102 Å². The summed E-state index contributed by atoms with van der Waals surface area (Å²) in [6, 6.07) is 23.5. The van der Waals surface area contributed by atoms with Crippen molar-refractivity contribution < 1.29 is 27.5 Å². The summed E-state index contributed by atoms with van der Waals surface area (Å²) in [6.07, 6.45) is -1.12. The molecule has 0 saturated carbocycles. The van der Waals surface area contributed by atoms with E-state index >= 15 is 0 Å². The molecule has 1 saturated heterocycles. The molecule has 0 aliphatic carbocycles. The standard InChI is InChI=1S/C28H24N2O6S/c1-35-27(31)23-25-24-21(16-17-29(25)28(32)36-26(23)18-10-4-2-5-11-18)20-14-8-9-15-22(20)30(24)37(33,34)19-12-6-3-7-13-19/h2-15,23,25-26H,16-17H2,1H3/t23-,25-,26+/m0/s1. The topological polar surface area (TPSA) is 94.9 Å². The number of hydrogen-bond donors (Lipinski definition) is 0. The molecule has 3 aromatic carbocycles.